The summed E-state index contributed by atoms with van der Waals surface area (Å²) in [6.07, 6.45) is 1.63. The molecule has 100 valence electrons. The topological polar surface area (TPSA) is 54.0 Å². The summed E-state index contributed by atoms with van der Waals surface area (Å²) in [4.78, 5) is 17.1. The number of carbonyl (C=O) groups is 1. The highest BCUT2D eigenvalue weighted by Gasteiger charge is 2.24. The molecule has 1 unspecified atom stereocenters. The molecular weight excluding hydrogens is 270 g/mol. The summed E-state index contributed by atoms with van der Waals surface area (Å²) in [6, 6.07) is 4.28. The van der Waals surface area contributed by atoms with Crippen molar-refractivity contribution in [3.05, 3.63) is 35.3 Å². The first kappa shape index (κ1) is 7.04. The van der Waals surface area contributed by atoms with Crippen molar-refractivity contribution >= 4 is 43.9 Å². The number of carbonyl (C=O) groups excluding carboxylic acids is 1. The van der Waals surface area contributed by atoms with Gasteiger partial charge >= 0.3 is 0 Å². The molecule has 2 aromatic heterocycles. The van der Waals surface area contributed by atoms with Crippen LogP contribution in [0.15, 0.2) is 30.5 Å². The second-order valence-electron chi connectivity index (χ2n) is 4.39. The number of hydrogen-bond donors (Lipinski definition) is 2. The van der Waals surface area contributed by atoms with Crippen LogP contribution in [0, 0.1) is 0 Å². The lowest BCUT2D eigenvalue weighted by molar-refractivity contribution is 0.0949. The zero-order valence-electron chi connectivity index (χ0n) is 16.2. The maximum absolute atomic E-state index is 12.7. The number of nitrogens with one attached hydrogen (secondary N) is 2. The largest absolute Gasteiger partial charge is 0.381 e. The van der Waals surface area contributed by atoms with Crippen LogP contribution < -0.4 is 10.6 Å². The van der Waals surface area contributed by atoms with E-state index in [1.807, 2.05) is 0 Å². The molecule has 1 aliphatic heterocycles. The van der Waals surface area contributed by atoms with Crippen molar-refractivity contribution in [2.75, 3.05) is 11.8 Å². The molecule has 4 rings (SSSR count). The minimum absolute atomic E-state index is 0.138. The van der Waals surface area contributed by atoms with E-state index >= 15 is 0 Å². The van der Waals surface area contributed by atoms with Gasteiger partial charge in [0.25, 0.3) is 5.91 Å². The van der Waals surface area contributed by atoms with Crippen LogP contribution in [0.2, 0.25) is 0 Å². The van der Waals surface area contributed by atoms with Gasteiger partial charge in [0.05, 0.1) is 15.3 Å². The number of hydrogen-bond acceptors (Lipinski definition) is 4. The van der Waals surface area contributed by atoms with Gasteiger partial charge in [0.1, 0.15) is 4.88 Å². The normalized spacial score (nSPS) is 29.7. The number of rotatable bonds is 0. The van der Waals surface area contributed by atoms with Crippen molar-refractivity contribution in [1.29, 1.82) is 0 Å². The lowest BCUT2D eigenvalue weighted by Gasteiger charge is -2.09. The number of amides is 1. The number of benzene rings is 1. The summed E-state index contributed by atoms with van der Waals surface area (Å²) >= 11 is 1.11. The first-order valence-electron chi connectivity index (χ1n) is 8.96. The van der Waals surface area contributed by atoms with Crippen LogP contribution in [0.5, 0.6) is 0 Å². The molecule has 0 radical (unpaired) electrons. The third-order valence-corrected chi connectivity index (χ3v) is 4.35. The molecule has 0 spiro atoms. The molecular formula is C15H13N3OS. The van der Waals surface area contributed by atoms with E-state index in [0.29, 0.717) is 16.3 Å². The molecule has 5 heteroatoms. The van der Waals surface area contributed by atoms with Gasteiger partial charge in [-0.25, -0.2) is 0 Å². The smallest absolute Gasteiger partial charge is 0.263 e. The first-order chi connectivity index (χ1) is 12.1. The molecule has 0 fully saturated rings. The number of fused-ring (bicyclic) bond motifs is 5. The monoisotopic (exact) mass is 289 g/mol. The Morgan fingerprint density at radius 3 is 3.40 bits per heavy atom. The molecule has 0 aliphatic carbocycles. The minimum atomic E-state index is -3.08. The molecule has 1 amide bonds. The molecule has 1 atom stereocenters. The average molecular weight is 289 g/mol. The molecule has 1 aromatic carbocycles. The summed E-state index contributed by atoms with van der Waals surface area (Å²) in [5.41, 5.74) is 0.852. The summed E-state index contributed by atoms with van der Waals surface area (Å²) in [5, 5.41) is 5.90. The predicted octanol–water partition coefficient (Wildman–Crippen LogP) is 2.99. The average Bonchev–Trinajstić information content (AvgIpc) is 2.88. The Bertz CT molecular complexity index is 1060. The van der Waals surface area contributed by atoms with Gasteiger partial charge in [-0.1, -0.05) is 6.07 Å². The maximum Gasteiger partial charge on any atom is 0.263 e. The number of thiophene rings is 1. The van der Waals surface area contributed by atoms with Gasteiger partial charge < -0.3 is 10.6 Å². The molecule has 2 N–H and O–H groups in total. The Morgan fingerprint density at radius 2 is 2.50 bits per heavy atom. The van der Waals surface area contributed by atoms with Crippen molar-refractivity contribution in [1.82, 2.24) is 10.3 Å². The molecule has 1 aliphatic rings. The fraction of sp³-hybridized carbons (Fsp3) is 0.200. The molecule has 3 heterocycles. The fourth-order valence-electron chi connectivity index (χ4n) is 2.36. The zero-order valence-corrected chi connectivity index (χ0v) is 11.0. The highest BCUT2D eigenvalue weighted by Crippen LogP contribution is 2.40. The molecule has 0 saturated carbocycles. The van der Waals surface area contributed by atoms with Crippen LogP contribution in [-0.2, 0) is 0 Å². The summed E-state index contributed by atoms with van der Waals surface area (Å²) in [6.45, 7) is -5.82. The molecule has 0 bridgehead atoms. The maximum atomic E-state index is 12.7. The number of nitrogens with zero attached hydrogens (tertiary/aromatic N) is 1. The van der Waals surface area contributed by atoms with E-state index in [2.05, 4.69) is 15.6 Å². The number of pyridine rings is 1. The Hall–Kier alpha value is -2.14. The van der Waals surface area contributed by atoms with Crippen LogP contribution in [0.1, 0.15) is 24.7 Å². The second-order valence-corrected chi connectivity index (χ2v) is 5.45. The quantitative estimate of drug-likeness (QED) is 0.669. The Kier molecular flexibility index (Phi) is 1.47. The van der Waals surface area contributed by atoms with Crippen LogP contribution in [-0.4, -0.2) is 23.4 Å². The highest BCUT2D eigenvalue weighted by atomic mass is 32.1. The zero-order chi connectivity index (χ0) is 18.9. The summed E-state index contributed by atoms with van der Waals surface area (Å²) in [5.74, 6) is -0.793. The molecule has 0 saturated heterocycles. The van der Waals surface area contributed by atoms with E-state index in [9.17, 15) is 4.79 Å². The minimum Gasteiger partial charge on any atom is -0.381 e. The van der Waals surface area contributed by atoms with E-state index in [4.69, 9.17) is 8.22 Å². The van der Waals surface area contributed by atoms with Gasteiger partial charge in [0, 0.05) is 38.3 Å². The van der Waals surface area contributed by atoms with Gasteiger partial charge in [0.15, 0.2) is 0 Å². The molecule has 20 heavy (non-hydrogen) atoms. The fourth-order valence-corrected chi connectivity index (χ4v) is 3.42. The van der Waals surface area contributed by atoms with Crippen molar-refractivity contribution in [2.24, 2.45) is 0 Å². The van der Waals surface area contributed by atoms with Crippen LogP contribution >= 0.6 is 11.3 Å². The van der Waals surface area contributed by atoms with E-state index in [0.717, 1.165) is 16.0 Å². The van der Waals surface area contributed by atoms with Crippen LogP contribution in [0.25, 0.3) is 21.0 Å². The van der Waals surface area contributed by atoms with Gasteiger partial charge in [-0.05, 0) is 25.1 Å². The van der Waals surface area contributed by atoms with Crippen LogP contribution in [0.4, 0.5) is 5.69 Å². The Labute approximate surface area is 128 Å². The summed E-state index contributed by atoms with van der Waals surface area (Å²) < 4.78 is 48.0. The van der Waals surface area contributed by atoms with E-state index < -0.39 is 25.3 Å². The third kappa shape index (κ3) is 1.59. The van der Waals surface area contributed by atoms with Gasteiger partial charge in [-0.15, -0.1) is 11.3 Å². The molecule has 3 aromatic rings. The lowest BCUT2D eigenvalue weighted by Crippen LogP contribution is -2.34. The number of anilines is 1. The van der Waals surface area contributed by atoms with Crippen LogP contribution in [0.3, 0.4) is 0 Å². The van der Waals surface area contributed by atoms with Gasteiger partial charge in [0.2, 0.25) is 0 Å². The van der Waals surface area contributed by atoms with Gasteiger partial charge in [-0.2, -0.15) is 0 Å². The first-order valence-corrected chi connectivity index (χ1v) is 6.78. The Morgan fingerprint density at radius 1 is 1.55 bits per heavy atom. The summed E-state index contributed by atoms with van der Waals surface area (Å²) in [7, 11) is 0. The molecule has 4 nitrogen and oxygen atoms in total. The third-order valence-electron chi connectivity index (χ3n) is 3.19. The van der Waals surface area contributed by atoms with Crippen molar-refractivity contribution in [3.8, 4) is 0 Å². The Balaban J connectivity index is 2.03. The SMILES string of the molecule is [2H]C([2H])([2H])C1([2H])NC(=O)c2sc3ccc4ncccc4c3c2NC1([2H])[2H]. The second kappa shape index (κ2) is 4.18. The van der Waals surface area contributed by atoms with E-state index in [-0.39, 0.29) is 10.6 Å². The predicted molar refractivity (Wildman–Crippen MR) is 82.5 cm³/mol. The van der Waals surface area contributed by atoms with Crippen molar-refractivity contribution in [2.45, 2.75) is 12.9 Å². The number of aromatic nitrogens is 1. The van der Waals surface area contributed by atoms with Gasteiger partial charge in [-0.3, -0.25) is 9.78 Å². The van der Waals surface area contributed by atoms with Crippen molar-refractivity contribution in [3.63, 3.8) is 0 Å². The highest BCUT2D eigenvalue weighted by molar-refractivity contribution is 7.21. The lowest BCUT2D eigenvalue weighted by atomic mass is 10.1. The standard InChI is InChI=1S/C15H13N3OS/c1-8-7-17-13-12-9-3-2-6-16-10(9)4-5-11(12)20-14(13)15(19)18-8/h2-6,8,17H,7H2,1H3,(H,18,19)/i1D3,7D2,8D. The van der Waals surface area contributed by atoms with E-state index in [1.54, 1.807) is 30.5 Å². The van der Waals surface area contributed by atoms with E-state index in [1.165, 1.54) is 0 Å². The van der Waals surface area contributed by atoms with Crippen molar-refractivity contribution < 1.29 is 13.0 Å².